The van der Waals surface area contributed by atoms with E-state index in [1.807, 2.05) is 0 Å². The zero-order valence-electron chi connectivity index (χ0n) is 13.8. The predicted molar refractivity (Wildman–Crippen MR) is 85.7 cm³/mol. The van der Waals surface area contributed by atoms with Gasteiger partial charge in [-0.15, -0.1) is 5.10 Å². The number of benzene rings is 1. The molecule has 0 fully saturated rings. The number of carbonyl (C=O) groups excluding carboxylic acids is 1. The molecule has 1 aromatic carbocycles. The third-order valence-electron chi connectivity index (χ3n) is 3.68. The van der Waals surface area contributed by atoms with E-state index in [1.165, 1.54) is 29.2 Å². The summed E-state index contributed by atoms with van der Waals surface area (Å²) in [5.41, 5.74) is 2.01. The van der Waals surface area contributed by atoms with Crippen LogP contribution in [-0.4, -0.2) is 31.4 Å². The fraction of sp³-hybridized carbons (Fsp3) is 0.267. The van der Waals surface area contributed by atoms with E-state index in [9.17, 15) is 9.18 Å². The fourth-order valence-electron chi connectivity index (χ4n) is 2.57. The van der Waals surface area contributed by atoms with Gasteiger partial charge in [0.15, 0.2) is 0 Å². The van der Waals surface area contributed by atoms with Crippen LogP contribution in [0.15, 0.2) is 29.0 Å². The Morgan fingerprint density at radius 1 is 1.36 bits per heavy atom. The monoisotopic (exact) mass is 345 g/mol. The molecule has 9 nitrogen and oxygen atoms in total. The molecule has 0 radical (unpaired) electrons. The molecule has 0 saturated carbocycles. The van der Waals surface area contributed by atoms with E-state index in [-0.39, 0.29) is 11.7 Å². The van der Waals surface area contributed by atoms with Gasteiger partial charge in [0.05, 0.1) is 23.1 Å². The smallest absolute Gasteiger partial charge is 0.319 e. The average Bonchev–Trinajstić information content (AvgIpc) is 3.19. The summed E-state index contributed by atoms with van der Waals surface area (Å²) in [4.78, 5) is 12.2. The molecule has 0 saturated heterocycles. The lowest BCUT2D eigenvalue weighted by molar-refractivity contribution is 0.249. The number of aromatic nitrogens is 5. The Balaban J connectivity index is 1.74. The summed E-state index contributed by atoms with van der Waals surface area (Å²) in [5.74, 6) is 0.0501. The Hall–Kier alpha value is -3.30. The van der Waals surface area contributed by atoms with E-state index in [0.717, 1.165) is 5.56 Å². The first-order valence-electron chi connectivity index (χ1n) is 7.49. The SMILES string of the molecule is Cc1noc(C)c1C(C)NC(=O)Nc1cc(-n2cnnn2)ccc1F. The van der Waals surface area contributed by atoms with Gasteiger partial charge in [-0.1, -0.05) is 5.16 Å². The summed E-state index contributed by atoms with van der Waals surface area (Å²) in [6.45, 7) is 5.35. The summed E-state index contributed by atoms with van der Waals surface area (Å²) in [5, 5.41) is 19.8. The van der Waals surface area contributed by atoms with Gasteiger partial charge in [-0.2, -0.15) is 0 Å². The molecule has 2 amide bonds. The van der Waals surface area contributed by atoms with Crippen molar-refractivity contribution in [3.05, 3.63) is 47.4 Å². The number of carbonyl (C=O) groups is 1. The molecule has 0 spiro atoms. The van der Waals surface area contributed by atoms with Crippen molar-refractivity contribution in [3.8, 4) is 5.69 Å². The van der Waals surface area contributed by atoms with Crippen molar-refractivity contribution in [2.75, 3.05) is 5.32 Å². The van der Waals surface area contributed by atoms with Crippen molar-refractivity contribution < 1.29 is 13.7 Å². The van der Waals surface area contributed by atoms with E-state index in [0.29, 0.717) is 17.1 Å². The third-order valence-corrected chi connectivity index (χ3v) is 3.68. The van der Waals surface area contributed by atoms with Crippen LogP contribution in [0.5, 0.6) is 0 Å². The lowest BCUT2D eigenvalue weighted by atomic mass is 10.1. The van der Waals surface area contributed by atoms with Crippen LogP contribution < -0.4 is 10.6 Å². The molecule has 2 aromatic heterocycles. The summed E-state index contributed by atoms with van der Waals surface area (Å²) in [7, 11) is 0. The molecule has 1 unspecified atom stereocenters. The number of aryl methyl sites for hydroxylation is 2. The number of halogens is 1. The van der Waals surface area contributed by atoms with Crippen molar-refractivity contribution >= 4 is 11.7 Å². The zero-order valence-corrected chi connectivity index (χ0v) is 13.8. The lowest BCUT2D eigenvalue weighted by Crippen LogP contribution is -2.32. The number of nitrogens with one attached hydrogen (secondary N) is 2. The maximum Gasteiger partial charge on any atom is 0.319 e. The van der Waals surface area contributed by atoms with Gasteiger partial charge >= 0.3 is 6.03 Å². The van der Waals surface area contributed by atoms with Crippen LogP contribution in [0.1, 0.15) is 30.0 Å². The van der Waals surface area contributed by atoms with Gasteiger partial charge < -0.3 is 15.2 Å². The quantitative estimate of drug-likeness (QED) is 0.750. The predicted octanol–water partition coefficient (Wildman–Crippen LogP) is 2.29. The highest BCUT2D eigenvalue weighted by Gasteiger charge is 2.19. The summed E-state index contributed by atoms with van der Waals surface area (Å²) in [6.07, 6.45) is 1.37. The van der Waals surface area contributed by atoms with Crippen LogP contribution >= 0.6 is 0 Å². The molecule has 2 N–H and O–H groups in total. The van der Waals surface area contributed by atoms with Crippen molar-refractivity contribution in [1.82, 2.24) is 30.7 Å². The Morgan fingerprint density at radius 2 is 2.16 bits per heavy atom. The lowest BCUT2D eigenvalue weighted by Gasteiger charge is -2.15. The second kappa shape index (κ2) is 6.67. The molecule has 3 aromatic rings. The highest BCUT2D eigenvalue weighted by atomic mass is 19.1. The standard InChI is InChI=1S/C15H16FN7O2/c1-8(14-9(2)20-25-10(14)3)18-15(24)19-13-6-11(4-5-12(13)16)23-7-17-21-22-23/h4-8H,1-3H3,(H2,18,19,24). The summed E-state index contributed by atoms with van der Waals surface area (Å²) in [6, 6.07) is 3.26. The maximum absolute atomic E-state index is 14.0. The second-order valence-corrected chi connectivity index (χ2v) is 5.48. The van der Waals surface area contributed by atoms with Crippen LogP contribution in [-0.2, 0) is 0 Å². The van der Waals surface area contributed by atoms with E-state index in [4.69, 9.17) is 4.52 Å². The van der Waals surface area contributed by atoms with Gasteiger partial charge in [0.2, 0.25) is 0 Å². The number of anilines is 1. The number of hydrogen-bond donors (Lipinski definition) is 2. The fourth-order valence-corrected chi connectivity index (χ4v) is 2.57. The molecule has 130 valence electrons. The molecule has 10 heteroatoms. The number of amides is 2. The summed E-state index contributed by atoms with van der Waals surface area (Å²) < 4.78 is 20.4. The number of nitrogens with zero attached hydrogens (tertiary/aromatic N) is 5. The van der Waals surface area contributed by atoms with E-state index < -0.39 is 11.8 Å². The van der Waals surface area contributed by atoms with Gasteiger partial charge in [0.1, 0.15) is 17.9 Å². The Labute approximate surface area is 142 Å². The minimum atomic E-state index is -0.572. The summed E-state index contributed by atoms with van der Waals surface area (Å²) >= 11 is 0. The highest BCUT2D eigenvalue weighted by Crippen LogP contribution is 2.22. The minimum absolute atomic E-state index is 0.0106. The van der Waals surface area contributed by atoms with Crippen LogP contribution in [0.4, 0.5) is 14.9 Å². The van der Waals surface area contributed by atoms with Gasteiger partial charge in [0, 0.05) is 5.56 Å². The Morgan fingerprint density at radius 3 is 2.80 bits per heavy atom. The molecule has 0 aliphatic rings. The first-order valence-corrected chi connectivity index (χ1v) is 7.49. The Bertz CT molecular complexity index is 872. The second-order valence-electron chi connectivity index (χ2n) is 5.48. The molecule has 3 rings (SSSR count). The van der Waals surface area contributed by atoms with Crippen LogP contribution in [0.2, 0.25) is 0 Å². The number of tetrazole rings is 1. The normalized spacial score (nSPS) is 12.0. The van der Waals surface area contributed by atoms with Crippen LogP contribution in [0.25, 0.3) is 5.69 Å². The molecule has 0 aliphatic heterocycles. The molecular formula is C15H16FN7O2. The van der Waals surface area contributed by atoms with Crippen molar-refractivity contribution in [2.45, 2.75) is 26.8 Å². The maximum atomic E-state index is 14.0. The number of rotatable bonds is 4. The Kier molecular flexibility index (Phi) is 4.42. The van der Waals surface area contributed by atoms with Crippen LogP contribution in [0, 0.1) is 19.7 Å². The molecule has 0 aliphatic carbocycles. The van der Waals surface area contributed by atoms with E-state index in [2.05, 4.69) is 31.3 Å². The molecule has 1 atom stereocenters. The van der Waals surface area contributed by atoms with E-state index in [1.54, 1.807) is 20.8 Å². The topological polar surface area (TPSA) is 111 Å². The van der Waals surface area contributed by atoms with Crippen LogP contribution in [0.3, 0.4) is 0 Å². The van der Waals surface area contributed by atoms with Gasteiger partial charge in [-0.3, -0.25) is 0 Å². The average molecular weight is 345 g/mol. The number of hydrogen-bond acceptors (Lipinski definition) is 6. The first kappa shape index (κ1) is 16.6. The van der Waals surface area contributed by atoms with Crippen molar-refractivity contribution in [2.24, 2.45) is 0 Å². The van der Waals surface area contributed by atoms with Gasteiger partial charge in [-0.05, 0) is 49.4 Å². The molecular weight excluding hydrogens is 329 g/mol. The zero-order chi connectivity index (χ0) is 18.0. The van der Waals surface area contributed by atoms with Crippen molar-refractivity contribution in [3.63, 3.8) is 0 Å². The molecule has 0 bridgehead atoms. The van der Waals surface area contributed by atoms with E-state index >= 15 is 0 Å². The molecule has 25 heavy (non-hydrogen) atoms. The molecule has 2 heterocycles. The van der Waals surface area contributed by atoms with Gasteiger partial charge in [-0.25, -0.2) is 13.9 Å². The highest BCUT2D eigenvalue weighted by molar-refractivity contribution is 5.90. The third kappa shape index (κ3) is 3.47. The first-order chi connectivity index (χ1) is 12.0. The minimum Gasteiger partial charge on any atom is -0.361 e. The van der Waals surface area contributed by atoms with Gasteiger partial charge in [0.25, 0.3) is 0 Å². The van der Waals surface area contributed by atoms with Crippen molar-refractivity contribution in [1.29, 1.82) is 0 Å². The largest absolute Gasteiger partial charge is 0.361 e. The number of urea groups is 1.